The minimum absolute atomic E-state index is 0. The third-order valence-electron chi connectivity index (χ3n) is 3.45. The van der Waals surface area contributed by atoms with Gasteiger partial charge in [-0.05, 0) is 45.5 Å². The van der Waals surface area contributed by atoms with Crippen molar-refractivity contribution in [2.24, 2.45) is 0 Å². The largest absolute Gasteiger partial charge is 0.313 e. The molecule has 1 aliphatic rings. The van der Waals surface area contributed by atoms with Crippen molar-refractivity contribution >= 4 is 12.4 Å². The highest BCUT2D eigenvalue weighted by Crippen LogP contribution is 2.17. The SMILES string of the molecule is CC(c1ccccn1)N(C)CC1CCCN1.Cl. The van der Waals surface area contributed by atoms with Crippen LogP contribution >= 0.6 is 12.4 Å². The predicted octanol–water partition coefficient (Wildman–Crippen LogP) is 2.25. The van der Waals surface area contributed by atoms with Gasteiger partial charge in [-0.15, -0.1) is 12.4 Å². The number of hydrogen-bond acceptors (Lipinski definition) is 3. The Balaban J connectivity index is 0.00000144. The number of nitrogens with zero attached hydrogens (tertiary/aromatic N) is 2. The molecule has 17 heavy (non-hydrogen) atoms. The van der Waals surface area contributed by atoms with Gasteiger partial charge in [0.1, 0.15) is 0 Å². The predicted molar refractivity (Wildman–Crippen MR) is 73.6 cm³/mol. The molecule has 1 aromatic heterocycles. The number of nitrogens with one attached hydrogen (secondary N) is 1. The van der Waals surface area contributed by atoms with E-state index in [1.165, 1.54) is 19.4 Å². The Hall–Kier alpha value is -0.640. The number of aromatic nitrogens is 1. The molecule has 4 heteroatoms. The lowest BCUT2D eigenvalue weighted by Gasteiger charge is -2.27. The van der Waals surface area contributed by atoms with E-state index >= 15 is 0 Å². The fraction of sp³-hybridized carbons (Fsp3) is 0.615. The van der Waals surface area contributed by atoms with Crippen LogP contribution in [0.1, 0.15) is 31.5 Å². The molecule has 1 fully saturated rings. The van der Waals surface area contributed by atoms with E-state index in [9.17, 15) is 0 Å². The van der Waals surface area contributed by atoms with E-state index in [1.807, 2.05) is 12.3 Å². The van der Waals surface area contributed by atoms with Crippen LogP contribution in [0, 0.1) is 0 Å². The van der Waals surface area contributed by atoms with Crippen LogP contribution in [-0.4, -0.2) is 36.1 Å². The Morgan fingerprint density at radius 3 is 2.94 bits per heavy atom. The zero-order valence-corrected chi connectivity index (χ0v) is 11.4. The van der Waals surface area contributed by atoms with Gasteiger partial charge >= 0.3 is 0 Å². The van der Waals surface area contributed by atoms with Gasteiger partial charge in [-0.2, -0.15) is 0 Å². The average Bonchev–Trinajstić information content (AvgIpc) is 2.82. The van der Waals surface area contributed by atoms with Gasteiger partial charge in [0.15, 0.2) is 0 Å². The molecule has 1 aliphatic heterocycles. The molecule has 96 valence electrons. The van der Waals surface area contributed by atoms with Crippen LogP contribution in [-0.2, 0) is 0 Å². The number of pyridine rings is 1. The second kappa shape index (κ2) is 6.94. The topological polar surface area (TPSA) is 28.2 Å². The number of rotatable bonds is 4. The van der Waals surface area contributed by atoms with Crippen molar-refractivity contribution in [3.8, 4) is 0 Å². The molecule has 2 atom stereocenters. The lowest BCUT2D eigenvalue weighted by Crippen LogP contribution is -2.36. The molecule has 1 saturated heterocycles. The molecule has 0 saturated carbocycles. The summed E-state index contributed by atoms with van der Waals surface area (Å²) in [6.45, 7) is 4.51. The van der Waals surface area contributed by atoms with Crippen LogP contribution in [0.25, 0.3) is 0 Å². The fourth-order valence-corrected chi connectivity index (χ4v) is 2.27. The first kappa shape index (κ1) is 14.4. The highest BCUT2D eigenvalue weighted by atomic mass is 35.5. The molecule has 1 aromatic rings. The zero-order valence-electron chi connectivity index (χ0n) is 10.6. The molecular weight excluding hydrogens is 234 g/mol. The maximum atomic E-state index is 4.41. The Labute approximate surface area is 110 Å². The Kier molecular flexibility index (Phi) is 5.89. The lowest BCUT2D eigenvalue weighted by atomic mass is 10.1. The number of hydrogen-bond donors (Lipinski definition) is 1. The molecule has 0 aliphatic carbocycles. The van der Waals surface area contributed by atoms with Crippen molar-refractivity contribution in [3.05, 3.63) is 30.1 Å². The molecule has 1 N–H and O–H groups in total. The number of likely N-dealkylation sites (N-methyl/N-ethyl adjacent to an activating group) is 1. The van der Waals surface area contributed by atoms with E-state index in [4.69, 9.17) is 0 Å². The van der Waals surface area contributed by atoms with Crippen LogP contribution < -0.4 is 5.32 Å². The zero-order chi connectivity index (χ0) is 11.4. The van der Waals surface area contributed by atoms with Gasteiger partial charge in [0, 0.05) is 24.8 Å². The van der Waals surface area contributed by atoms with Gasteiger partial charge in [0.25, 0.3) is 0 Å². The highest BCUT2D eigenvalue weighted by molar-refractivity contribution is 5.85. The summed E-state index contributed by atoms with van der Waals surface area (Å²) < 4.78 is 0. The third-order valence-corrected chi connectivity index (χ3v) is 3.45. The van der Waals surface area contributed by atoms with Gasteiger partial charge in [-0.3, -0.25) is 9.88 Å². The van der Waals surface area contributed by atoms with Gasteiger partial charge < -0.3 is 5.32 Å². The van der Waals surface area contributed by atoms with Crippen molar-refractivity contribution in [1.29, 1.82) is 0 Å². The smallest absolute Gasteiger partial charge is 0.0572 e. The standard InChI is InChI=1S/C13H21N3.ClH/c1-11(13-7-3-4-8-15-13)16(2)10-12-6-5-9-14-12;/h3-4,7-8,11-12,14H,5-6,9-10H2,1-2H3;1H. The molecule has 0 spiro atoms. The van der Waals surface area contributed by atoms with Crippen LogP contribution in [0.2, 0.25) is 0 Å². The van der Waals surface area contributed by atoms with E-state index in [0.717, 1.165) is 12.2 Å². The summed E-state index contributed by atoms with van der Waals surface area (Å²) in [7, 11) is 2.18. The van der Waals surface area contributed by atoms with E-state index in [1.54, 1.807) is 0 Å². The second-order valence-electron chi connectivity index (χ2n) is 4.66. The van der Waals surface area contributed by atoms with Crippen LogP contribution in [0.4, 0.5) is 0 Å². The third kappa shape index (κ3) is 3.95. The second-order valence-corrected chi connectivity index (χ2v) is 4.66. The minimum Gasteiger partial charge on any atom is -0.313 e. The van der Waals surface area contributed by atoms with Crippen LogP contribution in [0.15, 0.2) is 24.4 Å². The molecule has 0 bridgehead atoms. The van der Waals surface area contributed by atoms with Crippen molar-refractivity contribution in [3.63, 3.8) is 0 Å². The van der Waals surface area contributed by atoms with Crippen LogP contribution in [0.5, 0.6) is 0 Å². The maximum absolute atomic E-state index is 4.41. The summed E-state index contributed by atoms with van der Waals surface area (Å²) in [6, 6.07) is 7.18. The van der Waals surface area contributed by atoms with Gasteiger partial charge in [-0.1, -0.05) is 6.07 Å². The van der Waals surface area contributed by atoms with Crippen LogP contribution in [0.3, 0.4) is 0 Å². The summed E-state index contributed by atoms with van der Waals surface area (Å²) in [4.78, 5) is 6.79. The number of halogens is 1. The fourth-order valence-electron chi connectivity index (χ4n) is 2.27. The Morgan fingerprint density at radius 1 is 1.53 bits per heavy atom. The molecule has 2 heterocycles. The molecule has 0 radical (unpaired) electrons. The highest BCUT2D eigenvalue weighted by Gasteiger charge is 2.19. The molecule has 2 unspecified atom stereocenters. The van der Waals surface area contributed by atoms with E-state index in [0.29, 0.717) is 12.1 Å². The monoisotopic (exact) mass is 255 g/mol. The first-order valence-electron chi connectivity index (χ1n) is 6.12. The Bertz CT molecular complexity index is 312. The van der Waals surface area contributed by atoms with E-state index in [2.05, 4.69) is 41.3 Å². The summed E-state index contributed by atoms with van der Waals surface area (Å²) in [6.07, 6.45) is 4.49. The summed E-state index contributed by atoms with van der Waals surface area (Å²) in [5, 5.41) is 3.53. The normalized spacial score (nSPS) is 21.2. The lowest BCUT2D eigenvalue weighted by molar-refractivity contribution is 0.234. The molecule has 3 nitrogen and oxygen atoms in total. The summed E-state index contributed by atoms with van der Waals surface area (Å²) in [5.41, 5.74) is 1.16. The summed E-state index contributed by atoms with van der Waals surface area (Å²) >= 11 is 0. The average molecular weight is 256 g/mol. The molecular formula is C13H22ClN3. The van der Waals surface area contributed by atoms with Crippen molar-refractivity contribution in [1.82, 2.24) is 15.2 Å². The first-order valence-corrected chi connectivity index (χ1v) is 6.12. The van der Waals surface area contributed by atoms with Gasteiger partial charge in [-0.25, -0.2) is 0 Å². The van der Waals surface area contributed by atoms with E-state index < -0.39 is 0 Å². The van der Waals surface area contributed by atoms with Crippen molar-refractivity contribution < 1.29 is 0 Å². The summed E-state index contributed by atoms with van der Waals surface area (Å²) in [5.74, 6) is 0. The van der Waals surface area contributed by atoms with Gasteiger partial charge in [0.05, 0.1) is 5.69 Å². The maximum Gasteiger partial charge on any atom is 0.0572 e. The molecule has 0 aromatic carbocycles. The first-order chi connectivity index (χ1) is 7.77. The molecule has 0 amide bonds. The van der Waals surface area contributed by atoms with Crippen molar-refractivity contribution in [2.45, 2.75) is 31.8 Å². The van der Waals surface area contributed by atoms with Gasteiger partial charge in [0.2, 0.25) is 0 Å². The quantitative estimate of drug-likeness (QED) is 0.895. The molecule has 2 rings (SSSR count). The van der Waals surface area contributed by atoms with E-state index in [-0.39, 0.29) is 12.4 Å². The van der Waals surface area contributed by atoms with Crippen molar-refractivity contribution in [2.75, 3.05) is 20.1 Å². The Morgan fingerprint density at radius 2 is 2.35 bits per heavy atom. The minimum atomic E-state index is 0.